The summed E-state index contributed by atoms with van der Waals surface area (Å²) < 4.78 is 10.2. The predicted octanol–water partition coefficient (Wildman–Crippen LogP) is 1.31. The first-order valence-electron chi connectivity index (χ1n) is 6.60. The van der Waals surface area contributed by atoms with Crippen LogP contribution in [0.15, 0.2) is 0 Å². The molecule has 1 aliphatic rings. The Bertz CT molecular complexity index is 336. The van der Waals surface area contributed by atoms with Crippen LogP contribution in [0.2, 0.25) is 0 Å². The lowest BCUT2D eigenvalue weighted by Gasteiger charge is -2.37. The molecule has 1 amide bonds. The van der Waals surface area contributed by atoms with E-state index in [1.165, 1.54) is 4.90 Å². The maximum absolute atomic E-state index is 12.1. The molecular weight excluding hydrogens is 250 g/mol. The second kappa shape index (κ2) is 6.23. The van der Waals surface area contributed by atoms with Gasteiger partial charge in [-0.2, -0.15) is 0 Å². The number of nitrogens with zero attached hydrogens (tertiary/aromatic N) is 1. The molecule has 0 aromatic rings. The van der Waals surface area contributed by atoms with Crippen LogP contribution in [0.3, 0.4) is 0 Å². The van der Waals surface area contributed by atoms with Crippen LogP contribution < -0.4 is 0 Å². The zero-order valence-electron chi connectivity index (χ0n) is 12.0. The maximum Gasteiger partial charge on any atom is 0.411 e. The molecule has 2 atom stereocenters. The van der Waals surface area contributed by atoms with Gasteiger partial charge in [-0.3, -0.25) is 4.90 Å². The van der Waals surface area contributed by atoms with Crippen molar-refractivity contribution in [1.29, 1.82) is 0 Å². The molecule has 1 N–H and O–H groups in total. The number of carbonyl (C=O) groups excluding carboxylic acids is 2. The number of piperidine rings is 1. The molecule has 0 saturated carbocycles. The fraction of sp³-hybridized carbons (Fsp3) is 0.846. The highest BCUT2D eigenvalue weighted by atomic mass is 16.6. The van der Waals surface area contributed by atoms with Gasteiger partial charge < -0.3 is 14.6 Å². The van der Waals surface area contributed by atoms with E-state index >= 15 is 0 Å². The van der Waals surface area contributed by atoms with E-state index in [1.807, 2.05) is 0 Å². The van der Waals surface area contributed by atoms with Crippen molar-refractivity contribution >= 4 is 12.1 Å². The van der Waals surface area contributed by atoms with Gasteiger partial charge in [0.15, 0.2) is 6.04 Å². The minimum absolute atomic E-state index is 0.213. The van der Waals surface area contributed by atoms with Gasteiger partial charge in [0.05, 0.1) is 12.7 Å². The van der Waals surface area contributed by atoms with Crippen molar-refractivity contribution in [3.05, 3.63) is 0 Å². The highest BCUT2D eigenvalue weighted by Gasteiger charge is 2.41. The molecule has 1 rings (SSSR count). The maximum atomic E-state index is 12.1. The summed E-state index contributed by atoms with van der Waals surface area (Å²) in [7, 11) is 0. The number of aliphatic hydroxyl groups excluding tert-OH is 1. The molecule has 0 radical (unpaired) electrons. The van der Waals surface area contributed by atoms with Crippen LogP contribution in [0, 0.1) is 0 Å². The van der Waals surface area contributed by atoms with Crippen LogP contribution in [0.4, 0.5) is 4.79 Å². The fourth-order valence-electron chi connectivity index (χ4n) is 2.01. The number of likely N-dealkylation sites (tertiary alicyclic amines) is 1. The average Bonchev–Trinajstić information content (AvgIpc) is 2.26. The lowest BCUT2D eigenvalue weighted by Crippen LogP contribution is -2.56. The number of esters is 1. The second-order valence-electron chi connectivity index (χ2n) is 5.58. The van der Waals surface area contributed by atoms with Gasteiger partial charge >= 0.3 is 12.1 Å². The molecule has 1 heterocycles. The van der Waals surface area contributed by atoms with Gasteiger partial charge in [-0.25, -0.2) is 9.59 Å². The lowest BCUT2D eigenvalue weighted by molar-refractivity contribution is -0.156. The van der Waals surface area contributed by atoms with Crippen molar-refractivity contribution in [2.45, 2.75) is 58.3 Å². The van der Waals surface area contributed by atoms with Crippen LogP contribution in [-0.4, -0.2) is 53.0 Å². The van der Waals surface area contributed by atoms with Gasteiger partial charge in [-0.1, -0.05) is 0 Å². The number of carbonyl (C=O) groups is 2. The van der Waals surface area contributed by atoms with Gasteiger partial charge in [-0.05, 0) is 40.5 Å². The summed E-state index contributed by atoms with van der Waals surface area (Å²) in [5, 5.41) is 9.93. The first kappa shape index (κ1) is 15.8. The summed E-state index contributed by atoms with van der Waals surface area (Å²) >= 11 is 0. The van der Waals surface area contributed by atoms with E-state index in [4.69, 9.17) is 9.47 Å². The Hall–Kier alpha value is -1.30. The Kier molecular flexibility index (Phi) is 5.17. The Labute approximate surface area is 113 Å². The summed E-state index contributed by atoms with van der Waals surface area (Å²) in [5.41, 5.74) is -0.640. The van der Waals surface area contributed by atoms with E-state index in [0.717, 1.165) is 0 Å². The third-order valence-electron chi connectivity index (χ3n) is 2.76. The summed E-state index contributed by atoms with van der Waals surface area (Å²) in [6.45, 7) is 7.55. The number of amides is 1. The summed E-state index contributed by atoms with van der Waals surface area (Å²) in [6.07, 6.45) is -0.386. The highest BCUT2D eigenvalue weighted by Crippen LogP contribution is 2.22. The molecule has 0 aromatic heterocycles. The molecule has 0 unspecified atom stereocenters. The van der Waals surface area contributed by atoms with E-state index in [9.17, 15) is 14.7 Å². The van der Waals surface area contributed by atoms with Crippen molar-refractivity contribution in [1.82, 2.24) is 4.90 Å². The molecule has 1 fully saturated rings. The molecule has 110 valence electrons. The van der Waals surface area contributed by atoms with E-state index in [0.29, 0.717) is 19.4 Å². The zero-order chi connectivity index (χ0) is 14.6. The van der Waals surface area contributed by atoms with E-state index in [2.05, 4.69) is 0 Å². The molecule has 0 spiro atoms. The molecule has 0 aromatic carbocycles. The average molecular weight is 273 g/mol. The first-order chi connectivity index (χ1) is 8.76. The first-order valence-corrected chi connectivity index (χ1v) is 6.60. The van der Waals surface area contributed by atoms with Crippen molar-refractivity contribution < 1.29 is 24.2 Å². The van der Waals surface area contributed by atoms with Crippen LogP contribution >= 0.6 is 0 Å². The molecule has 1 saturated heterocycles. The van der Waals surface area contributed by atoms with Crippen molar-refractivity contribution in [3.63, 3.8) is 0 Å². The molecule has 6 heteroatoms. The second-order valence-corrected chi connectivity index (χ2v) is 5.58. The number of hydrogen-bond donors (Lipinski definition) is 1. The van der Waals surface area contributed by atoms with Gasteiger partial charge in [0.25, 0.3) is 0 Å². The number of aliphatic hydroxyl groups is 1. The van der Waals surface area contributed by atoms with Crippen LogP contribution in [0.1, 0.15) is 40.5 Å². The fourth-order valence-corrected chi connectivity index (χ4v) is 2.01. The molecular formula is C13H23NO5. The SMILES string of the molecule is CCOC(=O)[C@@H]1[C@@H](O)CCCN1C(=O)OC(C)(C)C. The zero-order valence-corrected chi connectivity index (χ0v) is 12.0. The van der Waals surface area contributed by atoms with Gasteiger partial charge in [0.2, 0.25) is 0 Å². The number of ether oxygens (including phenoxy) is 2. The molecule has 0 bridgehead atoms. The third-order valence-corrected chi connectivity index (χ3v) is 2.76. The van der Waals surface area contributed by atoms with Crippen molar-refractivity contribution in [2.75, 3.05) is 13.2 Å². The number of hydrogen-bond acceptors (Lipinski definition) is 5. The molecule has 19 heavy (non-hydrogen) atoms. The van der Waals surface area contributed by atoms with Crippen molar-refractivity contribution in [3.8, 4) is 0 Å². The van der Waals surface area contributed by atoms with Gasteiger partial charge in [0, 0.05) is 6.54 Å². The van der Waals surface area contributed by atoms with Crippen LogP contribution in [0.25, 0.3) is 0 Å². The quantitative estimate of drug-likeness (QED) is 0.768. The summed E-state index contributed by atoms with van der Waals surface area (Å²) in [5.74, 6) is -0.583. The third kappa shape index (κ3) is 4.38. The largest absolute Gasteiger partial charge is 0.464 e. The minimum atomic E-state index is -0.969. The Morgan fingerprint density at radius 2 is 2.00 bits per heavy atom. The predicted molar refractivity (Wildman–Crippen MR) is 68.6 cm³/mol. The Balaban J connectivity index is 2.82. The summed E-state index contributed by atoms with van der Waals surface area (Å²) in [4.78, 5) is 25.2. The standard InChI is InChI=1S/C13H23NO5/c1-5-18-11(16)10-9(15)7-6-8-14(10)12(17)19-13(2,3)4/h9-10,15H,5-8H2,1-4H3/t9-,10-/m0/s1. The van der Waals surface area contributed by atoms with Crippen LogP contribution in [0.5, 0.6) is 0 Å². The van der Waals surface area contributed by atoms with Crippen molar-refractivity contribution in [2.24, 2.45) is 0 Å². The van der Waals surface area contributed by atoms with E-state index < -0.39 is 29.8 Å². The normalized spacial score (nSPS) is 23.9. The Morgan fingerprint density at radius 1 is 1.37 bits per heavy atom. The van der Waals surface area contributed by atoms with E-state index in [-0.39, 0.29) is 6.61 Å². The van der Waals surface area contributed by atoms with Crippen LogP contribution in [-0.2, 0) is 14.3 Å². The molecule has 6 nitrogen and oxygen atoms in total. The van der Waals surface area contributed by atoms with E-state index in [1.54, 1.807) is 27.7 Å². The topological polar surface area (TPSA) is 76.1 Å². The highest BCUT2D eigenvalue weighted by molar-refractivity contribution is 5.82. The minimum Gasteiger partial charge on any atom is -0.464 e. The molecule has 1 aliphatic heterocycles. The van der Waals surface area contributed by atoms with Gasteiger partial charge in [0.1, 0.15) is 5.60 Å². The monoisotopic (exact) mass is 273 g/mol. The number of rotatable bonds is 2. The Morgan fingerprint density at radius 3 is 2.53 bits per heavy atom. The molecule has 0 aliphatic carbocycles. The smallest absolute Gasteiger partial charge is 0.411 e. The van der Waals surface area contributed by atoms with Gasteiger partial charge in [-0.15, -0.1) is 0 Å². The lowest BCUT2D eigenvalue weighted by atomic mass is 9.99. The summed E-state index contributed by atoms with van der Waals surface area (Å²) in [6, 6.07) is -0.969.